The van der Waals surface area contributed by atoms with Gasteiger partial charge < -0.3 is 14.3 Å². The van der Waals surface area contributed by atoms with Gasteiger partial charge in [0.2, 0.25) is 0 Å². The number of ether oxygens (including phenoxy) is 1. The van der Waals surface area contributed by atoms with E-state index in [1.807, 2.05) is 0 Å². The van der Waals surface area contributed by atoms with Crippen LogP contribution < -0.4 is 0 Å². The monoisotopic (exact) mass is 515 g/mol. The van der Waals surface area contributed by atoms with E-state index < -0.39 is 42.3 Å². The van der Waals surface area contributed by atoms with E-state index in [2.05, 4.69) is 33.9 Å². The van der Waals surface area contributed by atoms with Gasteiger partial charge in [-0.25, -0.2) is 4.79 Å². The zero-order valence-corrected chi connectivity index (χ0v) is 23.7. The molecule has 1 heterocycles. The van der Waals surface area contributed by atoms with Crippen LogP contribution in [0.2, 0.25) is 18.1 Å². The largest absolute Gasteiger partial charge is 0.444 e. The minimum Gasteiger partial charge on any atom is -0.444 e. The fraction of sp³-hybridized carbons (Fsp3) is 0.708. The molecule has 194 valence electrons. The number of rotatable bonds is 7. The third kappa shape index (κ3) is 8.05. The van der Waals surface area contributed by atoms with Crippen molar-refractivity contribution in [2.75, 3.05) is 12.8 Å². The number of carbonyl (C=O) groups excluding carboxylic acids is 1. The molecule has 2 rings (SSSR count). The summed E-state index contributed by atoms with van der Waals surface area (Å²) in [4.78, 5) is 14.6. The maximum atomic E-state index is 13.1. The normalized spacial score (nSPS) is 20.9. The summed E-state index contributed by atoms with van der Waals surface area (Å²) in [6, 6.07) is 6.37. The van der Waals surface area contributed by atoms with Crippen LogP contribution in [0.25, 0.3) is 0 Å². The van der Waals surface area contributed by atoms with E-state index in [0.717, 1.165) is 6.26 Å². The number of aliphatic hydroxyl groups is 1. The Morgan fingerprint density at radius 2 is 1.82 bits per heavy atom. The first kappa shape index (κ1) is 28.8. The third-order valence-electron chi connectivity index (χ3n) is 6.30. The maximum Gasteiger partial charge on any atom is 0.410 e. The van der Waals surface area contributed by atoms with E-state index >= 15 is 0 Å². The highest BCUT2D eigenvalue weighted by molar-refractivity contribution is 7.85. The molecular formula is C24H41NO7SSi. The van der Waals surface area contributed by atoms with Gasteiger partial charge in [-0.3, -0.25) is 9.08 Å². The van der Waals surface area contributed by atoms with Crippen molar-refractivity contribution in [3.63, 3.8) is 0 Å². The average molecular weight is 516 g/mol. The summed E-state index contributed by atoms with van der Waals surface area (Å²) in [5.41, 5.74) is 0.507. The smallest absolute Gasteiger partial charge is 0.410 e. The van der Waals surface area contributed by atoms with Crippen molar-refractivity contribution in [1.82, 2.24) is 4.90 Å². The molecule has 1 fully saturated rings. The molecular weight excluding hydrogens is 474 g/mol. The van der Waals surface area contributed by atoms with Crippen LogP contribution in [0.3, 0.4) is 0 Å². The standard InChI is InChI=1S/C24H41NO7SSi/c1-23(2,3)31-22(27)25-15-19(32-34(8,9)24(4,5)6)14-20(25)21(26)18-12-10-11-17(13-18)16-30-33(7,28)29/h10-13,19-21,26H,14-16H2,1-9H3/t19-,20+,21?/m1/s1. The second-order valence-corrected chi connectivity index (χ2v) is 18.0. The fourth-order valence-corrected chi connectivity index (χ4v) is 5.31. The highest BCUT2D eigenvalue weighted by Gasteiger charge is 2.46. The molecule has 1 aliphatic rings. The zero-order chi connectivity index (χ0) is 26.1. The van der Waals surface area contributed by atoms with Crippen molar-refractivity contribution in [3.05, 3.63) is 35.4 Å². The van der Waals surface area contributed by atoms with Gasteiger partial charge in [0.1, 0.15) is 5.60 Å². The number of hydrogen-bond donors (Lipinski definition) is 1. The van der Waals surface area contributed by atoms with Crippen LogP contribution in [0, 0.1) is 0 Å². The summed E-state index contributed by atoms with van der Waals surface area (Å²) >= 11 is 0. The molecule has 0 spiro atoms. The van der Waals surface area contributed by atoms with Crippen molar-refractivity contribution < 1.29 is 31.7 Å². The van der Waals surface area contributed by atoms with Crippen LogP contribution in [0.1, 0.15) is 65.2 Å². The molecule has 8 nitrogen and oxygen atoms in total. The van der Waals surface area contributed by atoms with E-state index in [0.29, 0.717) is 24.1 Å². The zero-order valence-electron chi connectivity index (χ0n) is 21.9. The molecule has 1 unspecified atom stereocenters. The SMILES string of the molecule is CC(C)(C)OC(=O)N1C[C@H](O[Si](C)(C)C(C)(C)C)C[C@H]1C(O)c1cccc(COS(C)(=O)=O)c1. The molecule has 1 amide bonds. The van der Waals surface area contributed by atoms with E-state index in [-0.39, 0.29) is 17.7 Å². The van der Waals surface area contributed by atoms with Crippen molar-refractivity contribution in [2.45, 2.75) is 96.6 Å². The second kappa shape index (κ2) is 10.3. The number of aliphatic hydroxyl groups excluding tert-OH is 1. The minimum atomic E-state index is -3.59. The topological polar surface area (TPSA) is 102 Å². The Bertz CT molecular complexity index is 966. The van der Waals surface area contributed by atoms with Crippen molar-refractivity contribution >= 4 is 24.5 Å². The number of amides is 1. The summed E-state index contributed by atoms with van der Waals surface area (Å²) < 4.78 is 39.8. The first-order valence-corrected chi connectivity index (χ1v) is 16.3. The number of carbonyl (C=O) groups is 1. The molecule has 0 bridgehead atoms. The molecule has 1 aliphatic heterocycles. The molecule has 34 heavy (non-hydrogen) atoms. The van der Waals surface area contributed by atoms with E-state index in [4.69, 9.17) is 13.3 Å². The predicted octanol–water partition coefficient (Wildman–Crippen LogP) is 4.60. The van der Waals surface area contributed by atoms with Gasteiger partial charge in [-0.15, -0.1) is 0 Å². The lowest BCUT2D eigenvalue weighted by Gasteiger charge is -2.38. The molecule has 1 N–H and O–H groups in total. The Balaban J connectivity index is 2.30. The summed E-state index contributed by atoms with van der Waals surface area (Å²) in [5.74, 6) is 0. The van der Waals surface area contributed by atoms with Gasteiger partial charge in [-0.05, 0) is 56.5 Å². The first-order chi connectivity index (χ1) is 15.3. The number of benzene rings is 1. The second-order valence-electron chi connectivity index (χ2n) is 11.6. The van der Waals surface area contributed by atoms with Gasteiger partial charge in [-0.1, -0.05) is 45.0 Å². The van der Waals surface area contributed by atoms with E-state index in [1.54, 1.807) is 49.9 Å². The summed E-state index contributed by atoms with van der Waals surface area (Å²) in [7, 11) is -5.69. The number of hydrogen-bond acceptors (Lipinski definition) is 7. The number of nitrogens with zero attached hydrogens (tertiary/aromatic N) is 1. The fourth-order valence-electron chi connectivity index (χ4n) is 3.60. The van der Waals surface area contributed by atoms with Crippen molar-refractivity contribution in [2.24, 2.45) is 0 Å². The van der Waals surface area contributed by atoms with Gasteiger partial charge in [0.05, 0.1) is 31.1 Å². The summed E-state index contributed by atoms with van der Waals surface area (Å²) in [5, 5.41) is 11.3. The highest BCUT2D eigenvalue weighted by Crippen LogP contribution is 2.40. The Morgan fingerprint density at radius 3 is 2.35 bits per heavy atom. The summed E-state index contributed by atoms with van der Waals surface area (Å²) in [6.45, 7) is 16.4. The number of likely N-dealkylation sites (tertiary alicyclic amines) is 1. The quantitative estimate of drug-likeness (QED) is 0.418. The minimum absolute atomic E-state index is 0.00833. The van der Waals surface area contributed by atoms with Gasteiger partial charge >= 0.3 is 6.09 Å². The van der Waals surface area contributed by atoms with Gasteiger partial charge in [0.25, 0.3) is 10.1 Å². The Morgan fingerprint density at radius 1 is 1.21 bits per heavy atom. The molecule has 1 aromatic carbocycles. The summed E-state index contributed by atoms with van der Waals surface area (Å²) in [6.07, 6.45) is -0.249. The molecule has 10 heteroatoms. The molecule has 3 atom stereocenters. The van der Waals surface area contributed by atoms with E-state index in [1.165, 1.54) is 0 Å². The average Bonchev–Trinajstić information content (AvgIpc) is 3.06. The Kier molecular flexibility index (Phi) is 8.68. The van der Waals surface area contributed by atoms with Crippen LogP contribution in [-0.4, -0.2) is 63.4 Å². The van der Waals surface area contributed by atoms with Gasteiger partial charge in [0, 0.05) is 6.54 Å². The molecule has 1 aromatic rings. The van der Waals surface area contributed by atoms with Crippen LogP contribution >= 0.6 is 0 Å². The van der Waals surface area contributed by atoms with Crippen LogP contribution in [-0.2, 0) is 30.1 Å². The molecule has 1 saturated heterocycles. The van der Waals surface area contributed by atoms with Gasteiger partial charge in [0.15, 0.2) is 8.32 Å². The van der Waals surface area contributed by atoms with Crippen molar-refractivity contribution in [1.29, 1.82) is 0 Å². The van der Waals surface area contributed by atoms with Crippen LogP contribution in [0.5, 0.6) is 0 Å². The predicted molar refractivity (Wildman–Crippen MR) is 134 cm³/mol. The Hall–Kier alpha value is -1.46. The Labute approximate surface area is 205 Å². The van der Waals surface area contributed by atoms with Crippen LogP contribution in [0.15, 0.2) is 24.3 Å². The lowest BCUT2D eigenvalue weighted by molar-refractivity contribution is 0.00442. The lowest BCUT2D eigenvalue weighted by atomic mass is 9.98. The highest BCUT2D eigenvalue weighted by atomic mass is 32.2. The van der Waals surface area contributed by atoms with E-state index in [9.17, 15) is 18.3 Å². The first-order valence-electron chi connectivity index (χ1n) is 11.6. The van der Waals surface area contributed by atoms with Gasteiger partial charge in [-0.2, -0.15) is 8.42 Å². The molecule has 0 aromatic heterocycles. The molecule has 0 aliphatic carbocycles. The maximum absolute atomic E-state index is 13.1. The third-order valence-corrected chi connectivity index (χ3v) is 11.4. The molecule has 0 radical (unpaired) electrons. The van der Waals surface area contributed by atoms with Crippen LogP contribution in [0.4, 0.5) is 4.79 Å². The molecule has 0 saturated carbocycles. The van der Waals surface area contributed by atoms with Crippen molar-refractivity contribution in [3.8, 4) is 0 Å². The lowest BCUT2D eigenvalue weighted by Crippen LogP contribution is -2.45.